The van der Waals surface area contributed by atoms with E-state index in [4.69, 9.17) is 4.74 Å². The summed E-state index contributed by atoms with van der Waals surface area (Å²) in [6.45, 7) is 4.21. The summed E-state index contributed by atoms with van der Waals surface area (Å²) in [6, 6.07) is 20.1. The molecule has 0 bridgehead atoms. The number of hydrogen-bond donors (Lipinski definition) is 2. The van der Waals surface area contributed by atoms with E-state index < -0.39 is 10.0 Å². The summed E-state index contributed by atoms with van der Waals surface area (Å²) < 4.78 is 32.8. The van der Waals surface area contributed by atoms with Crippen molar-refractivity contribution in [2.75, 3.05) is 17.1 Å². The van der Waals surface area contributed by atoms with Gasteiger partial charge in [-0.25, -0.2) is 8.42 Å². The summed E-state index contributed by atoms with van der Waals surface area (Å²) in [5.41, 5.74) is 2.50. The molecular formula is C23H24N2O4S. The lowest BCUT2D eigenvalue weighted by molar-refractivity contribution is 0.102. The fourth-order valence-electron chi connectivity index (χ4n) is 2.85. The Morgan fingerprint density at radius 3 is 2.17 bits per heavy atom. The molecule has 0 saturated carbocycles. The Hall–Kier alpha value is -3.32. The van der Waals surface area contributed by atoms with Crippen molar-refractivity contribution in [2.24, 2.45) is 0 Å². The SMILES string of the molecule is COc1ccc(S(=O)(=O)Nc2cccc(C(=O)Nc3ccc(C(C)C)cc3)c2)cc1. The number of carbonyl (C=O) groups excluding carboxylic acids is 1. The zero-order valence-corrected chi connectivity index (χ0v) is 17.9. The van der Waals surface area contributed by atoms with Gasteiger partial charge in [0.05, 0.1) is 12.0 Å². The quantitative estimate of drug-likeness (QED) is 0.567. The average molecular weight is 425 g/mol. The smallest absolute Gasteiger partial charge is 0.261 e. The van der Waals surface area contributed by atoms with Crippen LogP contribution in [-0.2, 0) is 10.0 Å². The maximum atomic E-state index is 12.6. The Labute approximate surface area is 177 Å². The molecule has 0 unspecified atom stereocenters. The van der Waals surface area contributed by atoms with E-state index in [1.165, 1.54) is 30.9 Å². The third-order valence-corrected chi connectivity index (χ3v) is 5.98. The van der Waals surface area contributed by atoms with Crippen LogP contribution < -0.4 is 14.8 Å². The molecule has 0 atom stereocenters. The third kappa shape index (κ3) is 5.18. The Morgan fingerprint density at radius 1 is 0.900 bits per heavy atom. The van der Waals surface area contributed by atoms with Crippen LogP contribution in [0.1, 0.15) is 35.7 Å². The highest BCUT2D eigenvalue weighted by Crippen LogP contribution is 2.21. The van der Waals surface area contributed by atoms with E-state index in [0.29, 0.717) is 28.6 Å². The Kier molecular flexibility index (Phi) is 6.42. The van der Waals surface area contributed by atoms with Crippen LogP contribution in [-0.4, -0.2) is 21.4 Å². The molecule has 0 radical (unpaired) electrons. The molecule has 30 heavy (non-hydrogen) atoms. The molecule has 0 fully saturated rings. The number of benzene rings is 3. The van der Waals surface area contributed by atoms with Gasteiger partial charge in [-0.2, -0.15) is 0 Å². The first kappa shape index (κ1) is 21.4. The monoisotopic (exact) mass is 424 g/mol. The second-order valence-electron chi connectivity index (χ2n) is 7.09. The van der Waals surface area contributed by atoms with Crippen molar-refractivity contribution in [1.29, 1.82) is 0 Å². The zero-order chi connectivity index (χ0) is 21.7. The van der Waals surface area contributed by atoms with Crippen molar-refractivity contribution < 1.29 is 17.9 Å². The van der Waals surface area contributed by atoms with Crippen LogP contribution in [0.5, 0.6) is 5.75 Å². The van der Waals surface area contributed by atoms with Gasteiger partial charge in [0.2, 0.25) is 0 Å². The highest BCUT2D eigenvalue weighted by Gasteiger charge is 2.15. The van der Waals surface area contributed by atoms with Gasteiger partial charge in [0.1, 0.15) is 5.75 Å². The van der Waals surface area contributed by atoms with Crippen molar-refractivity contribution in [2.45, 2.75) is 24.7 Å². The van der Waals surface area contributed by atoms with Crippen molar-refractivity contribution in [3.8, 4) is 5.75 Å². The number of nitrogens with one attached hydrogen (secondary N) is 2. The highest BCUT2D eigenvalue weighted by atomic mass is 32.2. The number of rotatable bonds is 7. The standard InChI is InChI=1S/C23H24N2O4S/c1-16(2)17-7-9-19(10-8-17)24-23(26)18-5-4-6-20(15-18)25-30(27,28)22-13-11-21(29-3)12-14-22/h4-16,25H,1-3H3,(H,24,26). The van der Waals surface area contributed by atoms with Crippen LogP contribution in [0, 0.1) is 0 Å². The van der Waals surface area contributed by atoms with E-state index in [0.717, 1.165) is 0 Å². The minimum absolute atomic E-state index is 0.100. The summed E-state index contributed by atoms with van der Waals surface area (Å²) in [7, 11) is -2.28. The first-order valence-electron chi connectivity index (χ1n) is 9.47. The van der Waals surface area contributed by atoms with Crippen LogP contribution >= 0.6 is 0 Å². The predicted molar refractivity (Wildman–Crippen MR) is 119 cm³/mol. The first-order valence-corrected chi connectivity index (χ1v) is 10.9. The number of sulfonamides is 1. The highest BCUT2D eigenvalue weighted by molar-refractivity contribution is 7.92. The maximum absolute atomic E-state index is 12.6. The van der Waals surface area contributed by atoms with Crippen molar-refractivity contribution in [3.63, 3.8) is 0 Å². The molecule has 7 heteroatoms. The molecule has 3 aromatic carbocycles. The molecule has 6 nitrogen and oxygen atoms in total. The van der Waals surface area contributed by atoms with E-state index in [1.54, 1.807) is 30.3 Å². The Morgan fingerprint density at radius 2 is 1.57 bits per heavy atom. The number of amides is 1. The molecule has 1 amide bonds. The number of ether oxygens (including phenoxy) is 1. The topological polar surface area (TPSA) is 84.5 Å². The van der Waals surface area contributed by atoms with Gasteiger partial charge >= 0.3 is 0 Å². The second-order valence-corrected chi connectivity index (χ2v) is 8.78. The fraction of sp³-hybridized carbons (Fsp3) is 0.174. The zero-order valence-electron chi connectivity index (χ0n) is 17.0. The summed E-state index contributed by atoms with van der Waals surface area (Å²) in [4.78, 5) is 12.7. The van der Waals surface area contributed by atoms with Gasteiger partial charge in [-0.1, -0.05) is 32.0 Å². The molecule has 156 valence electrons. The minimum Gasteiger partial charge on any atom is -0.497 e. The largest absolute Gasteiger partial charge is 0.497 e. The molecule has 0 heterocycles. The van der Waals surface area contributed by atoms with Gasteiger partial charge in [-0.05, 0) is 66.1 Å². The summed E-state index contributed by atoms with van der Waals surface area (Å²) in [5.74, 6) is 0.650. The molecule has 0 aliphatic heterocycles. The molecule has 2 N–H and O–H groups in total. The first-order chi connectivity index (χ1) is 14.3. The summed E-state index contributed by atoms with van der Waals surface area (Å²) in [6.07, 6.45) is 0. The second kappa shape index (κ2) is 9.00. The van der Waals surface area contributed by atoms with Crippen LogP contribution in [0.4, 0.5) is 11.4 Å². The minimum atomic E-state index is -3.79. The van der Waals surface area contributed by atoms with Crippen molar-refractivity contribution >= 4 is 27.3 Å². The lowest BCUT2D eigenvalue weighted by atomic mass is 10.0. The summed E-state index contributed by atoms with van der Waals surface area (Å²) >= 11 is 0. The van der Waals surface area contributed by atoms with E-state index in [1.807, 2.05) is 24.3 Å². The number of carbonyl (C=O) groups is 1. The van der Waals surface area contributed by atoms with Gasteiger partial charge in [-0.15, -0.1) is 0 Å². The molecule has 0 spiro atoms. The van der Waals surface area contributed by atoms with Gasteiger partial charge in [0.25, 0.3) is 15.9 Å². The van der Waals surface area contributed by atoms with Crippen molar-refractivity contribution in [3.05, 3.63) is 83.9 Å². The Balaban J connectivity index is 1.73. The number of anilines is 2. The fourth-order valence-corrected chi connectivity index (χ4v) is 3.90. The molecule has 3 rings (SSSR count). The normalized spacial score (nSPS) is 11.2. The lowest BCUT2D eigenvalue weighted by Crippen LogP contribution is -2.15. The maximum Gasteiger partial charge on any atom is 0.261 e. The van der Waals surface area contributed by atoms with Crippen LogP contribution in [0.15, 0.2) is 77.7 Å². The van der Waals surface area contributed by atoms with E-state index in [9.17, 15) is 13.2 Å². The molecular weight excluding hydrogens is 400 g/mol. The average Bonchev–Trinajstić information content (AvgIpc) is 2.74. The predicted octanol–water partition coefficient (Wildman–Crippen LogP) is 4.87. The van der Waals surface area contributed by atoms with Gasteiger partial charge in [0, 0.05) is 16.9 Å². The Bertz CT molecular complexity index is 1120. The summed E-state index contributed by atoms with van der Waals surface area (Å²) in [5, 5.41) is 2.83. The van der Waals surface area contributed by atoms with Crippen LogP contribution in [0.25, 0.3) is 0 Å². The molecule has 3 aromatic rings. The molecule has 0 aromatic heterocycles. The van der Waals surface area contributed by atoms with Gasteiger partial charge in [0.15, 0.2) is 0 Å². The van der Waals surface area contributed by atoms with E-state index in [2.05, 4.69) is 23.9 Å². The van der Waals surface area contributed by atoms with Crippen LogP contribution in [0.3, 0.4) is 0 Å². The third-order valence-electron chi connectivity index (χ3n) is 4.58. The van der Waals surface area contributed by atoms with Crippen LogP contribution in [0.2, 0.25) is 0 Å². The molecule has 0 saturated heterocycles. The number of methoxy groups -OCH3 is 1. The van der Waals surface area contributed by atoms with Gasteiger partial charge in [-0.3, -0.25) is 9.52 Å². The van der Waals surface area contributed by atoms with Gasteiger partial charge < -0.3 is 10.1 Å². The molecule has 0 aliphatic rings. The molecule has 0 aliphatic carbocycles. The van der Waals surface area contributed by atoms with Crippen molar-refractivity contribution in [1.82, 2.24) is 0 Å². The lowest BCUT2D eigenvalue weighted by Gasteiger charge is -2.11. The number of hydrogen-bond acceptors (Lipinski definition) is 4. The van der Waals surface area contributed by atoms with E-state index in [-0.39, 0.29) is 10.8 Å². The van der Waals surface area contributed by atoms with E-state index >= 15 is 0 Å².